The number of nitrogens with one attached hydrogen (secondary N) is 1. The predicted molar refractivity (Wildman–Crippen MR) is 83.6 cm³/mol. The lowest BCUT2D eigenvalue weighted by atomic mass is 10.1. The smallest absolute Gasteiger partial charge is 0.288 e. The number of rotatable bonds is 5. The largest absolute Gasteiger partial charge is 0.497 e. The highest BCUT2D eigenvalue weighted by molar-refractivity contribution is 5.30. The van der Waals surface area contributed by atoms with Crippen LogP contribution >= 0.6 is 0 Å². The Labute approximate surface area is 129 Å². The van der Waals surface area contributed by atoms with Crippen LogP contribution in [0.15, 0.2) is 67.0 Å². The highest BCUT2D eigenvalue weighted by Gasteiger charge is 2.22. The highest BCUT2D eigenvalue weighted by Crippen LogP contribution is 2.21. The molecule has 0 radical (unpaired) electrons. The molecule has 2 aromatic carbocycles. The van der Waals surface area contributed by atoms with Crippen molar-refractivity contribution in [3.63, 3.8) is 0 Å². The van der Waals surface area contributed by atoms with Crippen LogP contribution in [0.1, 0.15) is 23.1 Å². The monoisotopic (exact) mass is 295 g/mol. The Morgan fingerprint density at radius 1 is 1.09 bits per heavy atom. The van der Waals surface area contributed by atoms with E-state index in [0.29, 0.717) is 6.54 Å². The van der Waals surface area contributed by atoms with Crippen LogP contribution in [0.3, 0.4) is 0 Å². The number of hydrogen-bond donors (Lipinski definition) is 2. The summed E-state index contributed by atoms with van der Waals surface area (Å²) in [6.07, 6.45) is 3.07. The molecule has 3 rings (SSSR count). The quantitative estimate of drug-likeness (QED) is 0.710. The number of nitrogens with zero attached hydrogens (tertiary/aromatic N) is 1. The van der Waals surface area contributed by atoms with Gasteiger partial charge in [-0.25, -0.2) is 9.55 Å². The van der Waals surface area contributed by atoms with Gasteiger partial charge in [0.25, 0.3) is 5.82 Å². The number of hydrogen-bond acceptors (Lipinski definition) is 2. The minimum atomic E-state index is -0.704. The first-order chi connectivity index (χ1) is 10.8. The van der Waals surface area contributed by atoms with Crippen molar-refractivity contribution in [1.29, 1.82) is 0 Å². The van der Waals surface area contributed by atoms with E-state index >= 15 is 0 Å². The van der Waals surface area contributed by atoms with E-state index in [1.54, 1.807) is 7.11 Å². The molecule has 22 heavy (non-hydrogen) atoms. The molecule has 0 fully saturated rings. The first-order valence-corrected chi connectivity index (χ1v) is 7.20. The number of H-pyrrole nitrogens is 1. The molecule has 2 N–H and O–H groups in total. The number of methoxy groups -OCH3 is 1. The van der Waals surface area contributed by atoms with E-state index in [4.69, 9.17) is 4.74 Å². The maximum Gasteiger partial charge on any atom is 0.288 e. The van der Waals surface area contributed by atoms with Crippen molar-refractivity contribution < 1.29 is 14.4 Å². The van der Waals surface area contributed by atoms with Crippen LogP contribution in [0.25, 0.3) is 0 Å². The number of aliphatic hydroxyl groups excluding tert-OH is 1. The van der Waals surface area contributed by atoms with E-state index in [1.165, 1.54) is 5.56 Å². The maximum absolute atomic E-state index is 10.6. The first-order valence-electron chi connectivity index (χ1n) is 7.20. The molecule has 0 aliphatic carbocycles. The van der Waals surface area contributed by atoms with Crippen LogP contribution in [-0.2, 0) is 6.54 Å². The fraction of sp³-hybridized carbons (Fsp3) is 0.167. The van der Waals surface area contributed by atoms with Gasteiger partial charge in [-0.15, -0.1) is 0 Å². The molecule has 4 nitrogen and oxygen atoms in total. The van der Waals surface area contributed by atoms with Gasteiger partial charge in [-0.05, 0) is 23.3 Å². The van der Waals surface area contributed by atoms with E-state index in [-0.39, 0.29) is 0 Å². The maximum atomic E-state index is 10.6. The summed E-state index contributed by atoms with van der Waals surface area (Å²) in [4.78, 5) is 3.13. The molecule has 1 heterocycles. The molecule has 0 spiro atoms. The van der Waals surface area contributed by atoms with E-state index < -0.39 is 6.10 Å². The minimum Gasteiger partial charge on any atom is -0.497 e. The number of aromatic amines is 1. The van der Waals surface area contributed by atoms with Crippen molar-refractivity contribution in [3.05, 3.63) is 83.9 Å². The first kappa shape index (κ1) is 14.4. The Hall–Kier alpha value is -2.59. The number of aromatic nitrogens is 2. The molecule has 112 valence electrons. The molecule has 0 bridgehead atoms. The zero-order valence-electron chi connectivity index (χ0n) is 12.4. The van der Waals surface area contributed by atoms with Gasteiger partial charge in [0.2, 0.25) is 0 Å². The van der Waals surface area contributed by atoms with Crippen molar-refractivity contribution in [2.24, 2.45) is 0 Å². The third-order valence-corrected chi connectivity index (χ3v) is 3.68. The summed E-state index contributed by atoms with van der Waals surface area (Å²) < 4.78 is 7.17. The van der Waals surface area contributed by atoms with Crippen LogP contribution in [-0.4, -0.2) is 17.2 Å². The van der Waals surface area contributed by atoms with E-state index in [2.05, 4.69) is 17.1 Å². The molecule has 1 aromatic heterocycles. The molecule has 0 amide bonds. The molecule has 0 saturated heterocycles. The topological polar surface area (TPSA) is 49.1 Å². The molecule has 0 saturated carbocycles. The third kappa shape index (κ3) is 3.02. The molecule has 1 atom stereocenters. The van der Waals surface area contributed by atoms with Crippen molar-refractivity contribution in [2.45, 2.75) is 12.6 Å². The second-order valence-electron chi connectivity index (χ2n) is 5.13. The van der Waals surface area contributed by atoms with Gasteiger partial charge in [-0.1, -0.05) is 42.5 Å². The molecule has 3 aromatic rings. The van der Waals surface area contributed by atoms with Crippen molar-refractivity contribution in [3.8, 4) is 5.75 Å². The predicted octanol–water partition coefficient (Wildman–Crippen LogP) is 2.44. The fourth-order valence-corrected chi connectivity index (χ4v) is 2.47. The van der Waals surface area contributed by atoms with Gasteiger partial charge in [0, 0.05) is 0 Å². The third-order valence-electron chi connectivity index (χ3n) is 3.68. The summed E-state index contributed by atoms with van der Waals surface area (Å²) in [5.41, 5.74) is 2.01. The van der Waals surface area contributed by atoms with Gasteiger partial charge in [0.1, 0.15) is 24.7 Å². The van der Waals surface area contributed by atoms with Crippen LogP contribution in [0.4, 0.5) is 0 Å². The molecule has 0 aliphatic heterocycles. The number of benzene rings is 2. The number of ether oxygens (including phenoxy) is 1. The standard InChI is InChI=1S/C18H18N2O2/c1-22-16-9-7-15(8-10-16)17(21)18-19-11-12-20(18)13-14-5-3-2-4-6-14/h2-12,17,21H,13H2,1H3/p+1. The highest BCUT2D eigenvalue weighted by atomic mass is 16.5. The van der Waals surface area contributed by atoms with Crippen LogP contribution in [0.2, 0.25) is 0 Å². The molecule has 4 heteroatoms. The second kappa shape index (κ2) is 6.45. The lowest BCUT2D eigenvalue weighted by Gasteiger charge is -2.09. The van der Waals surface area contributed by atoms with Gasteiger partial charge in [-0.3, -0.25) is 0 Å². The van der Waals surface area contributed by atoms with Crippen molar-refractivity contribution in [1.82, 2.24) is 4.98 Å². The van der Waals surface area contributed by atoms with Crippen molar-refractivity contribution >= 4 is 0 Å². The molecular formula is C18H19N2O2+. The van der Waals surface area contributed by atoms with Gasteiger partial charge in [0.05, 0.1) is 7.11 Å². The Kier molecular flexibility index (Phi) is 4.21. The Morgan fingerprint density at radius 3 is 2.50 bits per heavy atom. The average molecular weight is 295 g/mol. The summed E-state index contributed by atoms with van der Waals surface area (Å²) >= 11 is 0. The lowest BCUT2D eigenvalue weighted by Crippen LogP contribution is -2.38. The Balaban J connectivity index is 1.84. The number of imidazole rings is 1. The second-order valence-corrected chi connectivity index (χ2v) is 5.13. The van der Waals surface area contributed by atoms with Crippen LogP contribution < -0.4 is 9.30 Å². The average Bonchev–Trinajstić information content (AvgIpc) is 3.03. The van der Waals surface area contributed by atoms with Crippen molar-refractivity contribution in [2.75, 3.05) is 7.11 Å². The van der Waals surface area contributed by atoms with Crippen LogP contribution in [0.5, 0.6) is 5.75 Å². The summed E-state index contributed by atoms with van der Waals surface area (Å²) in [7, 11) is 1.63. The fourth-order valence-electron chi connectivity index (χ4n) is 2.47. The van der Waals surface area contributed by atoms with E-state index in [1.807, 2.05) is 59.4 Å². The summed E-state index contributed by atoms with van der Waals surface area (Å²) in [6, 6.07) is 17.6. The minimum absolute atomic E-state index is 0.704. The van der Waals surface area contributed by atoms with Gasteiger partial charge >= 0.3 is 0 Å². The van der Waals surface area contributed by atoms with Gasteiger partial charge in [0.15, 0.2) is 6.10 Å². The summed E-state index contributed by atoms with van der Waals surface area (Å²) in [6.45, 7) is 0.715. The Bertz CT molecular complexity index is 720. The summed E-state index contributed by atoms with van der Waals surface area (Å²) in [5.74, 6) is 1.54. The van der Waals surface area contributed by atoms with Gasteiger partial charge < -0.3 is 9.84 Å². The van der Waals surface area contributed by atoms with E-state index in [0.717, 1.165) is 17.1 Å². The lowest BCUT2D eigenvalue weighted by molar-refractivity contribution is -0.697. The normalized spacial score (nSPS) is 12.1. The van der Waals surface area contributed by atoms with E-state index in [9.17, 15) is 5.11 Å². The zero-order valence-corrected chi connectivity index (χ0v) is 12.4. The molecule has 1 unspecified atom stereocenters. The summed E-state index contributed by atoms with van der Waals surface area (Å²) in [5, 5.41) is 10.6. The molecule has 0 aliphatic rings. The number of aliphatic hydroxyl groups is 1. The zero-order chi connectivity index (χ0) is 15.4. The molecular weight excluding hydrogens is 276 g/mol. The van der Waals surface area contributed by atoms with Crippen LogP contribution in [0, 0.1) is 0 Å². The Morgan fingerprint density at radius 2 is 1.82 bits per heavy atom. The SMILES string of the molecule is COc1ccc(C(O)c2[nH]cc[n+]2Cc2ccccc2)cc1. The van der Waals surface area contributed by atoms with Gasteiger partial charge in [-0.2, -0.15) is 0 Å².